The van der Waals surface area contributed by atoms with Crippen LogP contribution in [-0.2, 0) is 20.9 Å². The molecular formula is C16H22O3. The summed E-state index contributed by atoms with van der Waals surface area (Å²) in [6, 6.07) is 9.91. The molecule has 0 saturated heterocycles. The highest BCUT2D eigenvalue weighted by Crippen LogP contribution is 2.35. The van der Waals surface area contributed by atoms with Crippen molar-refractivity contribution in [2.75, 3.05) is 0 Å². The van der Waals surface area contributed by atoms with Crippen LogP contribution in [-0.4, -0.2) is 17.7 Å². The van der Waals surface area contributed by atoms with Gasteiger partial charge in [-0.3, -0.25) is 0 Å². The Labute approximate surface area is 114 Å². The van der Waals surface area contributed by atoms with E-state index in [-0.39, 0.29) is 5.97 Å². The van der Waals surface area contributed by atoms with Gasteiger partial charge in [0.15, 0.2) is 6.10 Å². The van der Waals surface area contributed by atoms with E-state index in [0.29, 0.717) is 12.5 Å². The molecule has 0 spiro atoms. The standard InChI is InChI=1S/C16H22O3/c1-16(2,3)19-15(17)14(13-9-10-13)18-11-12-7-5-4-6-8-12/h4-8,13-14H,9-11H2,1-3H3. The molecule has 0 amide bonds. The number of carbonyl (C=O) groups excluding carboxylic acids is 1. The second kappa shape index (κ2) is 5.74. The first-order chi connectivity index (χ1) is 8.96. The zero-order valence-electron chi connectivity index (χ0n) is 11.9. The molecular weight excluding hydrogens is 240 g/mol. The van der Waals surface area contributed by atoms with Crippen molar-refractivity contribution in [3.05, 3.63) is 35.9 Å². The first-order valence-electron chi connectivity index (χ1n) is 6.84. The van der Waals surface area contributed by atoms with E-state index in [1.807, 2.05) is 51.1 Å². The van der Waals surface area contributed by atoms with Crippen LogP contribution < -0.4 is 0 Å². The first-order valence-corrected chi connectivity index (χ1v) is 6.84. The Hall–Kier alpha value is -1.35. The van der Waals surface area contributed by atoms with Gasteiger partial charge in [0.05, 0.1) is 6.61 Å². The lowest BCUT2D eigenvalue weighted by molar-refractivity contribution is -0.171. The van der Waals surface area contributed by atoms with E-state index in [2.05, 4.69) is 0 Å². The minimum atomic E-state index is -0.458. The number of ether oxygens (including phenoxy) is 2. The van der Waals surface area contributed by atoms with Crippen LogP contribution in [0.3, 0.4) is 0 Å². The number of rotatable bonds is 5. The van der Waals surface area contributed by atoms with Gasteiger partial charge in [-0.25, -0.2) is 4.79 Å². The average Bonchev–Trinajstić information content (AvgIpc) is 3.13. The molecule has 0 bridgehead atoms. The maximum absolute atomic E-state index is 12.1. The van der Waals surface area contributed by atoms with Crippen molar-refractivity contribution < 1.29 is 14.3 Å². The van der Waals surface area contributed by atoms with Crippen molar-refractivity contribution >= 4 is 5.97 Å². The summed E-state index contributed by atoms with van der Waals surface area (Å²) < 4.78 is 11.2. The van der Waals surface area contributed by atoms with Crippen molar-refractivity contribution in [3.8, 4) is 0 Å². The van der Waals surface area contributed by atoms with Crippen molar-refractivity contribution in [3.63, 3.8) is 0 Å². The van der Waals surface area contributed by atoms with E-state index in [1.165, 1.54) is 0 Å². The van der Waals surface area contributed by atoms with Gasteiger partial charge in [-0.15, -0.1) is 0 Å². The van der Waals surface area contributed by atoms with Crippen molar-refractivity contribution in [2.24, 2.45) is 5.92 Å². The van der Waals surface area contributed by atoms with Gasteiger partial charge in [0, 0.05) is 0 Å². The normalized spacial score (nSPS) is 17.0. The monoisotopic (exact) mass is 262 g/mol. The third-order valence-corrected chi connectivity index (χ3v) is 2.96. The highest BCUT2D eigenvalue weighted by atomic mass is 16.6. The van der Waals surface area contributed by atoms with Crippen LogP contribution in [0.2, 0.25) is 0 Å². The molecule has 1 fully saturated rings. The Balaban J connectivity index is 1.91. The predicted octanol–water partition coefficient (Wildman–Crippen LogP) is 3.32. The molecule has 1 unspecified atom stereocenters. The summed E-state index contributed by atoms with van der Waals surface area (Å²) in [5.74, 6) is 0.101. The summed E-state index contributed by atoms with van der Waals surface area (Å²) in [5.41, 5.74) is 0.622. The molecule has 3 nitrogen and oxygen atoms in total. The smallest absolute Gasteiger partial charge is 0.336 e. The number of hydrogen-bond donors (Lipinski definition) is 0. The van der Waals surface area contributed by atoms with E-state index in [0.717, 1.165) is 18.4 Å². The maximum Gasteiger partial charge on any atom is 0.336 e. The fraction of sp³-hybridized carbons (Fsp3) is 0.562. The van der Waals surface area contributed by atoms with Crippen LogP contribution in [0.15, 0.2) is 30.3 Å². The van der Waals surface area contributed by atoms with Gasteiger partial charge < -0.3 is 9.47 Å². The minimum Gasteiger partial charge on any atom is -0.458 e. The SMILES string of the molecule is CC(C)(C)OC(=O)C(OCc1ccccc1)C1CC1. The van der Waals surface area contributed by atoms with E-state index < -0.39 is 11.7 Å². The van der Waals surface area contributed by atoms with Gasteiger partial charge in [0.25, 0.3) is 0 Å². The van der Waals surface area contributed by atoms with Gasteiger partial charge in [-0.2, -0.15) is 0 Å². The first kappa shape index (κ1) is 14.1. The molecule has 1 atom stereocenters. The highest BCUT2D eigenvalue weighted by molar-refractivity contribution is 5.76. The summed E-state index contributed by atoms with van der Waals surface area (Å²) >= 11 is 0. The molecule has 1 aliphatic rings. The van der Waals surface area contributed by atoms with Crippen LogP contribution in [0.25, 0.3) is 0 Å². The molecule has 1 aromatic carbocycles. The number of carbonyl (C=O) groups is 1. The molecule has 0 radical (unpaired) electrons. The molecule has 19 heavy (non-hydrogen) atoms. The van der Waals surface area contributed by atoms with Crippen LogP contribution in [0, 0.1) is 5.92 Å². The zero-order valence-corrected chi connectivity index (χ0v) is 11.9. The fourth-order valence-corrected chi connectivity index (χ4v) is 1.92. The molecule has 1 saturated carbocycles. The molecule has 104 valence electrons. The average molecular weight is 262 g/mol. The Morgan fingerprint density at radius 2 is 1.89 bits per heavy atom. The van der Waals surface area contributed by atoms with Gasteiger partial charge in [0.1, 0.15) is 5.60 Å². The Bertz CT molecular complexity index is 415. The summed E-state index contributed by atoms with van der Waals surface area (Å²) in [4.78, 5) is 12.1. The molecule has 1 aliphatic carbocycles. The Morgan fingerprint density at radius 3 is 2.42 bits per heavy atom. The maximum atomic E-state index is 12.1. The van der Waals surface area contributed by atoms with E-state index in [4.69, 9.17) is 9.47 Å². The van der Waals surface area contributed by atoms with Crippen LogP contribution in [0.5, 0.6) is 0 Å². The van der Waals surface area contributed by atoms with Crippen molar-refractivity contribution in [2.45, 2.75) is 51.9 Å². The predicted molar refractivity (Wildman–Crippen MR) is 73.6 cm³/mol. The topological polar surface area (TPSA) is 35.5 Å². The Morgan fingerprint density at radius 1 is 1.26 bits per heavy atom. The molecule has 2 rings (SSSR count). The third kappa shape index (κ3) is 4.67. The second-order valence-electron chi connectivity index (χ2n) is 6.09. The minimum absolute atomic E-state index is 0.231. The van der Waals surface area contributed by atoms with Crippen molar-refractivity contribution in [1.82, 2.24) is 0 Å². The van der Waals surface area contributed by atoms with Gasteiger partial charge in [-0.1, -0.05) is 30.3 Å². The summed E-state index contributed by atoms with van der Waals surface area (Å²) in [7, 11) is 0. The molecule has 0 aromatic heterocycles. The summed E-state index contributed by atoms with van der Waals surface area (Å²) in [6.45, 7) is 6.10. The highest BCUT2D eigenvalue weighted by Gasteiger charge is 2.39. The zero-order chi connectivity index (χ0) is 13.9. The van der Waals surface area contributed by atoms with Gasteiger partial charge >= 0.3 is 5.97 Å². The third-order valence-electron chi connectivity index (χ3n) is 2.96. The lowest BCUT2D eigenvalue weighted by Crippen LogP contribution is -2.34. The molecule has 3 heteroatoms. The van der Waals surface area contributed by atoms with Crippen LogP contribution >= 0.6 is 0 Å². The summed E-state index contributed by atoms with van der Waals surface area (Å²) in [5, 5.41) is 0. The number of hydrogen-bond acceptors (Lipinski definition) is 3. The van der Waals surface area contributed by atoms with Crippen molar-refractivity contribution in [1.29, 1.82) is 0 Å². The van der Waals surface area contributed by atoms with E-state index in [1.54, 1.807) is 0 Å². The number of benzene rings is 1. The van der Waals surface area contributed by atoms with E-state index >= 15 is 0 Å². The van der Waals surface area contributed by atoms with Crippen LogP contribution in [0.4, 0.5) is 0 Å². The van der Waals surface area contributed by atoms with E-state index in [9.17, 15) is 4.79 Å². The lowest BCUT2D eigenvalue weighted by Gasteiger charge is -2.24. The lowest BCUT2D eigenvalue weighted by atomic mass is 10.1. The fourth-order valence-electron chi connectivity index (χ4n) is 1.92. The van der Waals surface area contributed by atoms with Crippen LogP contribution in [0.1, 0.15) is 39.2 Å². The quantitative estimate of drug-likeness (QED) is 0.764. The molecule has 0 heterocycles. The number of esters is 1. The van der Waals surface area contributed by atoms with Gasteiger partial charge in [-0.05, 0) is 45.1 Å². The molecule has 0 aliphatic heterocycles. The largest absolute Gasteiger partial charge is 0.458 e. The second-order valence-corrected chi connectivity index (χ2v) is 6.09. The molecule has 0 N–H and O–H groups in total. The van der Waals surface area contributed by atoms with Gasteiger partial charge in [0.2, 0.25) is 0 Å². The molecule has 1 aromatic rings. The Kier molecular flexibility index (Phi) is 4.25. The summed E-state index contributed by atoms with van der Waals surface area (Å²) in [6.07, 6.45) is 1.69.